The Morgan fingerprint density at radius 3 is 2.27 bits per heavy atom. The lowest BCUT2D eigenvalue weighted by Gasteiger charge is -2.08. The van der Waals surface area contributed by atoms with Crippen molar-refractivity contribution in [2.75, 3.05) is 13.6 Å². The van der Waals surface area contributed by atoms with Crippen LogP contribution in [0, 0.1) is 0 Å². The molecular weight excluding hydrogens is 413 g/mol. The summed E-state index contributed by atoms with van der Waals surface area (Å²) >= 11 is 0. The van der Waals surface area contributed by atoms with Gasteiger partial charge in [-0.15, -0.1) is 0 Å². The van der Waals surface area contributed by atoms with E-state index in [1.165, 1.54) is 5.39 Å². The van der Waals surface area contributed by atoms with Crippen LogP contribution < -0.4 is 28.4 Å². The Labute approximate surface area is 169 Å². The molecule has 2 aliphatic rings. The monoisotopic (exact) mass is 429 g/mol. The summed E-state index contributed by atoms with van der Waals surface area (Å²) in [5.41, 5.74) is 1.15. The summed E-state index contributed by atoms with van der Waals surface area (Å²) in [6.07, 6.45) is 2.11. The fourth-order valence-corrected chi connectivity index (χ4v) is 3.91. The number of aromatic nitrogens is 1. The van der Waals surface area contributed by atoms with E-state index in [0.717, 1.165) is 50.1 Å². The van der Waals surface area contributed by atoms with Crippen molar-refractivity contribution in [1.82, 2.24) is 0 Å². The lowest BCUT2D eigenvalue weighted by atomic mass is 10.00. The van der Waals surface area contributed by atoms with E-state index < -0.39 is 7.82 Å². The third kappa shape index (κ3) is 3.18. The molecule has 154 valence electrons. The Balaban J connectivity index is 0.000000349. The van der Waals surface area contributed by atoms with Crippen molar-refractivity contribution in [3.63, 3.8) is 0 Å². The van der Waals surface area contributed by atoms with Crippen molar-refractivity contribution in [1.29, 1.82) is 0 Å². The summed E-state index contributed by atoms with van der Waals surface area (Å²) in [4.78, 5) is 22.9. The number of hydrogen-bond donors (Lipinski definition) is 2. The van der Waals surface area contributed by atoms with Crippen LogP contribution in [-0.2, 0) is 11.6 Å². The smallest absolute Gasteiger partial charge is 0.262 e. The van der Waals surface area contributed by atoms with Crippen LogP contribution in [0.5, 0.6) is 23.0 Å². The van der Waals surface area contributed by atoms with E-state index in [9.17, 15) is 0 Å². The Kier molecular flexibility index (Phi) is 4.23. The second-order valence-electron chi connectivity index (χ2n) is 6.88. The van der Waals surface area contributed by atoms with Gasteiger partial charge >= 0.3 is 0 Å². The topological polar surface area (TPSA) is 121 Å². The van der Waals surface area contributed by atoms with E-state index in [4.69, 9.17) is 38.2 Å². The Morgan fingerprint density at radius 2 is 1.50 bits per heavy atom. The van der Waals surface area contributed by atoms with E-state index in [-0.39, 0.29) is 13.6 Å². The highest BCUT2D eigenvalue weighted by molar-refractivity contribution is 7.43. The molecule has 3 heterocycles. The van der Waals surface area contributed by atoms with E-state index in [1.54, 1.807) is 0 Å². The standard InChI is InChI=1S/C20H14NO4.H3O4P/c1-21-8-15-12(4-5-16-20(15)25-10-22-16)13-3-2-11-6-17-18(24-9-23-17)7-14(11)19(13)21;1-5(2,3)4/h2-8H,9-10H2,1H3;(H3,1,2,3,4)/q+1;/p-1. The van der Waals surface area contributed by atoms with Crippen LogP contribution in [0.15, 0.2) is 42.6 Å². The van der Waals surface area contributed by atoms with E-state index in [0.29, 0.717) is 0 Å². The second kappa shape index (κ2) is 6.72. The maximum Gasteiger partial charge on any atom is 0.262 e. The molecule has 0 spiro atoms. The fraction of sp³-hybridized carbons (Fsp3) is 0.150. The summed E-state index contributed by atoms with van der Waals surface area (Å²) in [5.74, 6) is 3.22. The van der Waals surface area contributed by atoms with Crippen LogP contribution >= 0.6 is 7.82 Å². The lowest BCUT2D eigenvalue weighted by molar-refractivity contribution is -0.642. The first kappa shape index (κ1) is 18.9. The first-order chi connectivity index (χ1) is 14.3. The molecule has 3 aromatic carbocycles. The number of phosphoric acid groups is 1. The molecule has 0 radical (unpaired) electrons. The highest BCUT2D eigenvalue weighted by Crippen LogP contribution is 2.42. The summed E-state index contributed by atoms with van der Waals surface area (Å²) in [5, 5.41) is 5.66. The van der Waals surface area contributed by atoms with Gasteiger partial charge in [-0.1, -0.05) is 6.07 Å². The molecule has 0 saturated heterocycles. The van der Waals surface area contributed by atoms with Crippen LogP contribution in [0.25, 0.3) is 32.4 Å². The number of fused-ring (bicyclic) bond motifs is 8. The Bertz CT molecular complexity index is 1370. The zero-order chi connectivity index (χ0) is 21.0. The van der Waals surface area contributed by atoms with Gasteiger partial charge in [-0.05, 0) is 35.7 Å². The third-order valence-corrected chi connectivity index (χ3v) is 5.03. The molecule has 1 aromatic heterocycles. The molecule has 10 heteroatoms. The van der Waals surface area contributed by atoms with E-state index in [1.807, 2.05) is 12.1 Å². The van der Waals surface area contributed by atoms with Crippen LogP contribution in [0.1, 0.15) is 0 Å². The summed E-state index contributed by atoms with van der Waals surface area (Å²) in [7, 11) is -2.83. The van der Waals surface area contributed by atoms with Gasteiger partial charge in [0, 0.05) is 5.39 Å². The minimum absolute atomic E-state index is 0.275. The maximum atomic E-state index is 8.77. The first-order valence-corrected chi connectivity index (χ1v) is 10.5. The highest BCUT2D eigenvalue weighted by atomic mass is 31.2. The van der Waals surface area contributed by atoms with Crippen LogP contribution in [-0.4, -0.2) is 23.4 Å². The van der Waals surface area contributed by atoms with Gasteiger partial charge in [0.05, 0.1) is 16.2 Å². The minimum Gasteiger partial charge on any atom is -0.756 e. The first-order valence-electron chi connectivity index (χ1n) is 8.93. The predicted molar refractivity (Wildman–Crippen MR) is 104 cm³/mol. The number of nitrogens with zero attached hydrogens (tertiary/aromatic N) is 1. The van der Waals surface area contributed by atoms with Crippen LogP contribution in [0.3, 0.4) is 0 Å². The molecular formula is C20H16NO8P. The van der Waals surface area contributed by atoms with Gasteiger partial charge in [0.25, 0.3) is 7.82 Å². The van der Waals surface area contributed by atoms with E-state index >= 15 is 0 Å². The highest BCUT2D eigenvalue weighted by Gasteiger charge is 2.24. The SMILES string of the molecule is C[n+]1cc2c3c(ccc2c2ccc4cc5c(cc4c21)OCO5)OCO3.O=P([O-])(O)O. The Morgan fingerprint density at radius 1 is 0.867 bits per heavy atom. The summed E-state index contributed by atoms with van der Waals surface area (Å²) in [6.45, 7) is 0.555. The molecule has 0 bridgehead atoms. The Hall–Kier alpha value is -3.10. The van der Waals surface area contributed by atoms with E-state index in [2.05, 4.69) is 42.1 Å². The lowest BCUT2D eigenvalue weighted by Crippen LogP contribution is -2.28. The largest absolute Gasteiger partial charge is 0.756 e. The van der Waals surface area contributed by atoms with Gasteiger partial charge in [0.2, 0.25) is 19.1 Å². The number of aryl methyl sites for hydroxylation is 1. The minimum atomic E-state index is -4.89. The zero-order valence-corrected chi connectivity index (χ0v) is 16.6. The molecule has 0 fully saturated rings. The molecule has 6 rings (SSSR count). The molecule has 2 aliphatic heterocycles. The van der Waals surface area contributed by atoms with Gasteiger partial charge < -0.3 is 33.6 Å². The van der Waals surface area contributed by atoms with Gasteiger partial charge in [0.1, 0.15) is 7.05 Å². The van der Waals surface area contributed by atoms with Gasteiger partial charge in [0.15, 0.2) is 29.2 Å². The fourth-order valence-electron chi connectivity index (χ4n) is 3.91. The summed E-state index contributed by atoms with van der Waals surface area (Å²) < 4.78 is 33.2. The molecule has 2 N–H and O–H groups in total. The van der Waals surface area contributed by atoms with Gasteiger partial charge in [-0.25, -0.2) is 0 Å². The van der Waals surface area contributed by atoms with Crippen molar-refractivity contribution in [2.24, 2.45) is 7.05 Å². The third-order valence-electron chi connectivity index (χ3n) is 5.03. The number of ether oxygens (including phenoxy) is 4. The second-order valence-corrected chi connectivity index (χ2v) is 7.86. The molecule has 0 unspecified atom stereocenters. The normalized spacial score (nSPS) is 14.3. The quantitative estimate of drug-likeness (QED) is 0.247. The molecule has 0 saturated carbocycles. The average molecular weight is 429 g/mol. The average Bonchev–Trinajstić information content (AvgIpc) is 3.33. The van der Waals surface area contributed by atoms with Crippen molar-refractivity contribution in [2.45, 2.75) is 0 Å². The number of hydrogen-bond acceptors (Lipinski definition) is 6. The van der Waals surface area contributed by atoms with Crippen LogP contribution in [0.2, 0.25) is 0 Å². The number of benzene rings is 3. The number of rotatable bonds is 0. The van der Waals surface area contributed by atoms with Crippen molar-refractivity contribution in [3.8, 4) is 23.0 Å². The molecule has 4 aromatic rings. The molecule has 0 atom stereocenters. The van der Waals surface area contributed by atoms with Gasteiger partial charge in [-0.3, -0.25) is 4.57 Å². The maximum absolute atomic E-state index is 8.77. The molecule has 9 nitrogen and oxygen atoms in total. The summed E-state index contributed by atoms with van der Waals surface area (Å²) in [6, 6.07) is 12.5. The zero-order valence-electron chi connectivity index (χ0n) is 15.7. The van der Waals surface area contributed by atoms with Crippen molar-refractivity contribution in [3.05, 3.63) is 42.6 Å². The molecule has 30 heavy (non-hydrogen) atoms. The number of pyridine rings is 1. The van der Waals surface area contributed by atoms with Crippen molar-refractivity contribution < 1.29 is 42.8 Å². The predicted octanol–water partition coefficient (Wildman–Crippen LogP) is 1.87. The van der Waals surface area contributed by atoms with Gasteiger partial charge in [-0.2, -0.15) is 4.57 Å². The molecule has 0 aliphatic carbocycles. The van der Waals surface area contributed by atoms with Crippen molar-refractivity contribution >= 4 is 40.3 Å². The van der Waals surface area contributed by atoms with Crippen LogP contribution in [0.4, 0.5) is 0 Å². The molecule has 0 amide bonds.